The number of hydrogen-bond acceptors (Lipinski definition) is 6. The van der Waals surface area contributed by atoms with Crippen LogP contribution < -0.4 is 0 Å². The Labute approximate surface area is 165 Å². The number of aryl methyl sites for hydroxylation is 3. The molecule has 0 saturated heterocycles. The third kappa shape index (κ3) is 2.34. The number of thiophene rings is 1. The number of hydrogen-bond donors (Lipinski definition) is 0. The highest BCUT2D eigenvalue weighted by Crippen LogP contribution is 2.37. The van der Waals surface area contributed by atoms with Crippen molar-refractivity contribution in [3.63, 3.8) is 0 Å². The molecule has 0 aliphatic carbocycles. The Kier molecular flexibility index (Phi) is 3.65. The summed E-state index contributed by atoms with van der Waals surface area (Å²) >= 11 is 7.63. The van der Waals surface area contributed by atoms with Crippen molar-refractivity contribution in [2.75, 3.05) is 0 Å². The second-order valence-corrected chi connectivity index (χ2v) is 7.82. The summed E-state index contributed by atoms with van der Waals surface area (Å²) in [5.74, 6) is 0.415. The lowest BCUT2D eigenvalue weighted by Gasteiger charge is -2.01. The highest BCUT2D eigenvalue weighted by atomic mass is 35.5. The van der Waals surface area contributed by atoms with Crippen molar-refractivity contribution in [3.05, 3.63) is 34.4 Å². The van der Waals surface area contributed by atoms with Crippen LogP contribution in [0.15, 0.2) is 12.4 Å². The van der Waals surface area contributed by atoms with E-state index >= 15 is 0 Å². The maximum atomic E-state index is 13.1. The monoisotopic (exact) mass is 419 g/mol. The molecule has 0 bridgehead atoms. The number of alkyl halides is 2. The van der Waals surface area contributed by atoms with Gasteiger partial charge in [0.1, 0.15) is 27.2 Å². The lowest BCUT2D eigenvalue weighted by Crippen LogP contribution is -1.95. The van der Waals surface area contributed by atoms with Gasteiger partial charge in [0.25, 0.3) is 6.43 Å². The van der Waals surface area contributed by atoms with Gasteiger partial charge < -0.3 is 0 Å². The number of fused-ring (bicyclic) bond motifs is 5. The summed E-state index contributed by atoms with van der Waals surface area (Å²) in [5.41, 5.74) is 2.98. The molecule has 0 atom stereocenters. The van der Waals surface area contributed by atoms with Crippen LogP contribution >= 0.6 is 22.9 Å². The molecule has 0 spiro atoms. The van der Waals surface area contributed by atoms with Crippen LogP contribution in [0.3, 0.4) is 0 Å². The van der Waals surface area contributed by atoms with Gasteiger partial charge in [-0.05, 0) is 25.5 Å². The van der Waals surface area contributed by atoms with Crippen LogP contribution in [0.4, 0.5) is 8.78 Å². The summed E-state index contributed by atoms with van der Waals surface area (Å²) in [6, 6.07) is 1.40. The highest BCUT2D eigenvalue weighted by Gasteiger charge is 2.22. The molecule has 0 radical (unpaired) electrons. The molecular formula is C17H12ClF2N7S. The first kappa shape index (κ1) is 17.4. The van der Waals surface area contributed by atoms with Gasteiger partial charge in [0, 0.05) is 12.4 Å². The lowest BCUT2D eigenvalue weighted by molar-refractivity contribution is 0.146. The molecule has 11 heteroatoms. The van der Waals surface area contributed by atoms with E-state index in [-0.39, 0.29) is 5.69 Å². The Morgan fingerprint density at radius 2 is 1.96 bits per heavy atom. The summed E-state index contributed by atoms with van der Waals surface area (Å²) in [6.45, 7) is 3.59. The van der Waals surface area contributed by atoms with Crippen LogP contribution in [-0.2, 0) is 7.05 Å². The van der Waals surface area contributed by atoms with Gasteiger partial charge in [-0.15, -0.1) is 16.4 Å². The molecule has 0 saturated carbocycles. The first-order valence-electron chi connectivity index (χ1n) is 8.28. The van der Waals surface area contributed by atoms with Gasteiger partial charge >= 0.3 is 0 Å². The summed E-state index contributed by atoms with van der Waals surface area (Å²) in [6.07, 6.45) is -1.08. The number of halogens is 3. The van der Waals surface area contributed by atoms with E-state index in [2.05, 4.69) is 25.1 Å². The topological polar surface area (TPSA) is 73.8 Å². The molecule has 0 unspecified atom stereocenters. The zero-order valence-corrected chi connectivity index (χ0v) is 16.5. The molecular weight excluding hydrogens is 408 g/mol. The van der Waals surface area contributed by atoms with Crippen molar-refractivity contribution in [2.45, 2.75) is 20.3 Å². The maximum absolute atomic E-state index is 13.1. The first-order chi connectivity index (χ1) is 13.3. The van der Waals surface area contributed by atoms with Gasteiger partial charge in [-0.25, -0.2) is 28.2 Å². The second-order valence-electron chi connectivity index (χ2n) is 6.44. The first-order valence-corrected chi connectivity index (χ1v) is 9.47. The number of aromatic nitrogens is 7. The zero-order chi connectivity index (χ0) is 19.7. The Balaban J connectivity index is 1.82. The minimum atomic E-state index is -2.63. The van der Waals surface area contributed by atoms with E-state index in [1.807, 2.05) is 6.92 Å². The molecule has 5 heterocycles. The quantitative estimate of drug-likeness (QED) is 0.421. The fraction of sp³-hybridized carbons (Fsp3) is 0.235. The minimum absolute atomic E-state index is 0.244. The molecule has 0 N–H and O–H groups in total. The zero-order valence-electron chi connectivity index (χ0n) is 14.9. The van der Waals surface area contributed by atoms with E-state index in [0.717, 1.165) is 10.1 Å². The van der Waals surface area contributed by atoms with Crippen molar-refractivity contribution in [2.24, 2.45) is 7.05 Å². The van der Waals surface area contributed by atoms with Gasteiger partial charge in [0.2, 0.25) is 5.82 Å². The van der Waals surface area contributed by atoms with Crippen molar-refractivity contribution < 1.29 is 8.78 Å². The number of pyridine rings is 1. The van der Waals surface area contributed by atoms with Crippen LogP contribution in [0.5, 0.6) is 0 Å². The molecule has 0 aliphatic heterocycles. The van der Waals surface area contributed by atoms with Gasteiger partial charge in [-0.3, -0.25) is 4.68 Å². The van der Waals surface area contributed by atoms with Crippen molar-refractivity contribution in [1.82, 2.24) is 34.3 Å². The molecule has 5 rings (SSSR count). The highest BCUT2D eigenvalue weighted by molar-refractivity contribution is 7.26. The van der Waals surface area contributed by atoms with E-state index in [9.17, 15) is 8.78 Å². The third-order valence-corrected chi connectivity index (χ3v) is 6.09. The van der Waals surface area contributed by atoms with Crippen LogP contribution in [0, 0.1) is 13.8 Å². The molecule has 5 aromatic heterocycles. The number of rotatable bonds is 2. The normalized spacial score (nSPS) is 12.2. The largest absolute Gasteiger partial charge is 0.280 e. The van der Waals surface area contributed by atoms with Gasteiger partial charge in [-0.1, -0.05) is 11.6 Å². The summed E-state index contributed by atoms with van der Waals surface area (Å²) < 4.78 is 30.2. The van der Waals surface area contributed by atoms with Crippen LogP contribution in [0.2, 0.25) is 5.02 Å². The molecule has 0 amide bonds. The third-order valence-electron chi connectivity index (χ3n) is 4.57. The van der Waals surface area contributed by atoms with Crippen LogP contribution in [0.25, 0.3) is 37.6 Å². The minimum Gasteiger partial charge on any atom is -0.263 e. The van der Waals surface area contributed by atoms with Gasteiger partial charge in [0.05, 0.1) is 16.2 Å². The SMILES string of the molecule is Cc1nn(C)c(-c2nc3c4sc5nc(C(F)F)cc(C)c5c4ncn3n2)c1Cl. The van der Waals surface area contributed by atoms with Crippen LogP contribution in [0.1, 0.15) is 23.4 Å². The molecule has 0 fully saturated rings. The Morgan fingerprint density at radius 3 is 2.64 bits per heavy atom. The van der Waals surface area contributed by atoms with E-state index < -0.39 is 6.43 Å². The van der Waals surface area contributed by atoms with E-state index in [4.69, 9.17) is 11.6 Å². The summed E-state index contributed by atoms with van der Waals surface area (Å²) in [7, 11) is 1.77. The summed E-state index contributed by atoms with van der Waals surface area (Å²) in [4.78, 5) is 13.7. The van der Waals surface area contributed by atoms with E-state index in [0.29, 0.717) is 43.8 Å². The standard InChI is InChI=1S/C17H12ClF2N7S/c1-6-4-8(14(19)20)22-17-9(6)11-13(28-17)16-23-15(25-27(16)5-21-11)12-10(18)7(2)24-26(12)3/h4-5,14H,1-3H3. The van der Waals surface area contributed by atoms with Crippen LogP contribution in [-0.4, -0.2) is 34.3 Å². The summed E-state index contributed by atoms with van der Waals surface area (Å²) in [5, 5.41) is 10.0. The molecule has 0 aromatic carbocycles. The Hall–Kier alpha value is -2.72. The van der Waals surface area contributed by atoms with Crippen molar-refractivity contribution in [1.29, 1.82) is 0 Å². The van der Waals surface area contributed by atoms with E-state index in [1.165, 1.54) is 17.4 Å². The van der Waals surface area contributed by atoms with E-state index in [1.54, 1.807) is 29.5 Å². The number of nitrogens with zero attached hydrogens (tertiary/aromatic N) is 7. The van der Waals surface area contributed by atoms with Crippen molar-refractivity contribution in [3.8, 4) is 11.5 Å². The lowest BCUT2D eigenvalue weighted by atomic mass is 10.1. The molecule has 142 valence electrons. The average Bonchev–Trinajstić information content (AvgIpc) is 3.28. The Morgan fingerprint density at radius 1 is 1.18 bits per heavy atom. The molecule has 7 nitrogen and oxygen atoms in total. The maximum Gasteiger partial charge on any atom is 0.280 e. The predicted molar refractivity (Wildman–Crippen MR) is 103 cm³/mol. The van der Waals surface area contributed by atoms with Gasteiger partial charge in [0.15, 0.2) is 5.65 Å². The average molecular weight is 420 g/mol. The smallest absolute Gasteiger partial charge is 0.263 e. The fourth-order valence-electron chi connectivity index (χ4n) is 3.32. The second kappa shape index (κ2) is 5.89. The predicted octanol–water partition coefficient (Wildman–Crippen LogP) is 4.50. The fourth-order valence-corrected chi connectivity index (χ4v) is 4.75. The molecule has 5 aromatic rings. The molecule has 0 aliphatic rings. The van der Waals surface area contributed by atoms with Gasteiger partial charge in [-0.2, -0.15) is 5.10 Å². The molecule has 28 heavy (non-hydrogen) atoms. The Bertz CT molecular complexity index is 1400. The van der Waals surface area contributed by atoms with Crippen molar-refractivity contribution >= 4 is 49.0 Å².